The van der Waals surface area contributed by atoms with Gasteiger partial charge in [-0.3, -0.25) is 9.69 Å². The van der Waals surface area contributed by atoms with E-state index in [0.29, 0.717) is 5.56 Å². The van der Waals surface area contributed by atoms with Crippen molar-refractivity contribution in [2.24, 2.45) is 11.1 Å². The first kappa shape index (κ1) is 16.5. The van der Waals surface area contributed by atoms with Crippen LogP contribution in [0.25, 0.3) is 0 Å². The molecule has 0 aliphatic carbocycles. The Morgan fingerprint density at radius 3 is 2.41 bits per heavy atom. The van der Waals surface area contributed by atoms with E-state index in [-0.39, 0.29) is 17.9 Å². The lowest BCUT2D eigenvalue weighted by molar-refractivity contribution is -0.124. The molecule has 5 heteroatoms. The van der Waals surface area contributed by atoms with Gasteiger partial charge < -0.3 is 10.8 Å². The van der Waals surface area contributed by atoms with Gasteiger partial charge >= 0.3 is 0 Å². The monoisotopic (exact) mass is 301 g/mol. The number of nitrogens with two attached hydrogens (primary N) is 1. The predicted octanol–water partition coefficient (Wildman–Crippen LogP) is 1.57. The molecule has 3 N–H and O–H groups in total. The molecule has 2 rings (SSSR count). The number of piperidine rings is 1. The third-order valence-corrected chi connectivity index (χ3v) is 4.93. The predicted molar refractivity (Wildman–Crippen MR) is 83.7 cm³/mol. The summed E-state index contributed by atoms with van der Waals surface area (Å²) in [4.78, 5) is 14.0. The topological polar surface area (TPSA) is 90.3 Å². The molecule has 1 aliphatic rings. The molecule has 1 unspecified atom stereocenters. The fourth-order valence-corrected chi connectivity index (χ4v) is 3.18. The first-order valence-electron chi connectivity index (χ1n) is 7.69. The molecule has 1 atom stereocenters. The molecule has 0 saturated carbocycles. The van der Waals surface area contributed by atoms with E-state index in [0.717, 1.165) is 37.9 Å². The number of benzene rings is 1. The van der Waals surface area contributed by atoms with Gasteiger partial charge in [0, 0.05) is 6.61 Å². The molecule has 1 aromatic carbocycles. The molecular weight excluding hydrogens is 278 g/mol. The van der Waals surface area contributed by atoms with Gasteiger partial charge in [-0.25, -0.2) is 0 Å². The fourth-order valence-electron chi connectivity index (χ4n) is 3.18. The van der Waals surface area contributed by atoms with Crippen molar-refractivity contribution in [3.63, 3.8) is 0 Å². The van der Waals surface area contributed by atoms with E-state index >= 15 is 0 Å². The SMILES string of the molecule is CCC1(CO)CCN(C(C(N)=O)c2ccc(C#N)cc2)CC1. The lowest BCUT2D eigenvalue weighted by atomic mass is 9.76. The Morgan fingerprint density at radius 2 is 2.00 bits per heavy atom. The third-order valence-electron chi connectivity index (χ3n) is 4.93. The van der Waals surface area contributed by atoms with Crippen LogP contribution in [0, 0.1) is 16.7 Å². The lowest BCUT2D eigenvalue weighted by Gasteiger charge is -2.42. The average Bonchev–Trinajstić information content (AvgIpc) is 2.56. The van der Waals surface area contributed by atoms with Crippen LogP contribution in [-0.4, -0.2) is 35.6 Å². The molecule has 0 radical (unpaired) electrons. The van der Waals surface area contributed by atoms with Crippen LogP contribution in [0.15, 0.2) is 24.3 Å². The maximum Gasteiger partial charge on any atom is 0.239 e. The van der Waals surface area contributed by atoms with E-state index in [4.69, 9.17) is 11.0 Å². The Bertz CT molecular complexity index is 548. The van der Waals surface area contributed by atoms with Gasteiger partial charge in [-0.15, -0.1) is 0 Å². The number of likely N-dealkylation sites (tertiary alicyclic amines) is 1. The summed E-state index contributed by atoms with van der Waals surface area (Å²) >= 11 is 0. The van der Waals surface area contributed by atoms with Crippen molar-refractivity contribution in [3.8, 4) is 6.07 Å². The molecule has 0 bridgehead atoms. The Kier molecular flexibility index (Phi) is 5.17. The maximum absolute atomic E-state index is 11.9. The summed E-state index contributed by atoms with van der Waals surface area (Å²) in [7, 11) is 0. The minimum absolute atomic E-state index is 0.0244. The number of carbonyl (C=O) groups is 1. The summed E-state index contributed by atoms with van der Waals surface area (Å²) in [5.74, 6) is -0.377. The number of rotatable bonds is 5. The first-order chi connectivity index (χ1) is 10.5. The van der Waals surface area contributed by atoms with Gasteiger partial charge in [0.25, 0.3) is 0 Å². The number of aliphatic hydroxyl groups is 1. The van der Waals surface area contributed by atoms with Gasteiger partial charge in [0.05, 0.1) is 11.6 Å². The van der Waals surface area contributed by atoms with Crippen LogP contribution < -0.4 is 5.73 Å². The van der Waals surface area contributed by atoms with Gasteiger partial charge in [0.15, 0.2) is 0 Å². The highest BCUT2D eigenvalue weighted by molar-refractivity contribution is 5.81. The fraction of sp³-hybridized carbons (Fsp3) is 0.529. The van der Waals surface area contributed by atoms with Crippen LogP contribution in [0.2, 0.25) is 0 Å². The normalized spacial score (nSPS) is 19.3. The number of aliphatic hydroxyl groups excluding tert-OH is 1. The van der Waals surface area contributed by atoms with E-state index < -0.39 is 6.04 Å². The molecule has 118 valence electrons. The molecule has 1 saturated heterocycles. The quantitative estimate of drug-likeness (QED) is 0.863. The van der Waals surface area contributed by atoms with E-state index in [1.54, 1.807) is 24.3 Å². The zero-order valence-electron chi connectivity index (χ0n) is 13.0. The number of nitriles is 1. The maximum atomic E-state index is 11.9. The van der Waals surface area contributed by atoms with E-state index in [1.165, 1.54) is 0 Å². The zero-order chi connectivity index (χ0) is 16.2. The molecule has 0 aromatic heterocycles. The molecular formula is C17H23N3O2. The second kappa shape index (κ2) is 6.91. The van der Waals surface area contributed by atoms with Crippen molar-refractivity contribution in [3.05, 3.63) is 35.4 Å². The van der Waals surface area contributed by atoms with Crippen molar-refractivity contribution < 1.29 is 9.90 Å². The second-order valence-electron chi connectivity index (χ2n) is 6.09. The van der Waals surface area contributed by atoms with Crippen LogP contribution in [0.5, 0.6) is 0 Å². The minimum Gasteiger partial charge on any atom is -0.396 e. The van der Waals surface area contributed by atoms with Crippen LogP contribution in [0.1, 0.15) is 43.4 Å². The van der Waals surface area contributed by atoms with Crippen molar-refractivity contribution in [1.82, 2.24) is 4.90 Å². The summed E-state index contributed by atoms with van der Waals surface area (Å²) in [5, 5.41) is 18.5. The summed E-state index contributed by atoms with van der Waals surface area (Å²) in [6.45, 7) is 3.76. The van der Waals surface area contributed by atoms with Gasteiger partial charge in [-0.1, -0.05) is 19.1 Å². The van der Waals surface area contributed by atoms with Crippen molar-refractivity contribution in [2.75, 3.05) is 19.7 Å². The minimum atomic E-state index is -0.471. The van der Waals surface area contributed by atoms with Crippen molar-refractivity contribution in [1.29, 1.82) is 5.26 Å². The Balaban J connectivity index is 2.16. The average molecular weight is 301 g/mol. The Labute approximate surface area is 131 Å². The first-order valence-corrected chi connectivity index (χ1v) is 7.69. The molecule has 0 spiro atoms. The number of nitrogens with zero attached hydrogens (tertiary/aromatic N) is 2. The molecule has 5 nitrogen and oxygen atoms in total. The smallest absolute Gasteiger partial charge is 0.239 e. The molecule has 1 aliphatic heterocycles. The van der Waals surface area contributed by atoms with Crippen LogP contribution in [0.4, 0.5) is 0 Å². The molecule has 1 amide bonds. The summed E-state index contributed by atoms with van der Waals surface area (Å²) in [6, 6.07) is 8.60. The molecule has 1 fully saturated rings. The third kappa shape index (κ3) is 3.29. The largest absolute Gasteiger partial charge is 0.396 e. The summed E-state index contributed by atoms with van der Waals surface area (Å²) < 4.78 is 0. The second-order valence-corrected chi connectivity index (χ2v) is 6.09. The van der Waals surface area contributed by atoms with E-state index in [1.807, 2.05) is 0 Å². The standard InChI is InChI=1S/C17H23N3O2/c1-2-17(12-21)7-9-20(10-8-17)15(16(19)22)14-5-3-13(11-18)4-6-14/h3-6,15,21H,2,7-10,12H2,1H3,(H2,19,22). The van der Waals surface area contributed by atoms with Gasteiger partial charge in [0.1, 0.15) is 6.04 Å². The Hall–Kier alpha value is -1.90. The highest BCUT2D eigenvalue weighted by atomic mass is 16.3. The van der Waals surface area contributed by atoms with Gasteiger partial charge in [-0.05, 0) is 55.5 Å². The molecule has 1 heterocycles. The van der Waals surface area contributed by atoms with Crippen molar-refractivity contribution >= 4 is 5.91 Å². The molecule has 22 heavy (non-hydrogen) atoms. The highest BCUT2D eigenvalue weighted by Gasteiger charge is 2.36. The number of hydrogen-bond donors (Lipinski definition) is 2. The highest BCUT2D eigenvalue weighted by Crippen LogP contribution is 2.37. The van der Waals surface area contributed by atoms with Crippen LogP contribution >= 0.6 is 0 Å². The number of hydrogen-bond acceptors (Lipinski definition) is 4. The lowest BCUT2D eigenvalue weighted by Crippen LogP contribution is -2.46. The van der Waals surface area contributed by atoms with Crippen LogP contribution in [0.3, 0.4) is 0 Å². The van der Waals surface area contributed by atoms with Crippen molar-refractivity contribution in [2.45, 2.75) is 32.2 Å². The van der Waals surface area contributed by atoms with Gasteiger partial charge in [0.2, 0.25) is 5.91 Å². The summed E-state index contributed by atoms with van der Waals surface area (Å²) in [5.41, 5.74) is 6.97. The van der Waals surface area contributed by atoms with Crippen LogP contribution in [-0.2, 0) is 4.79 Å². The Morgan fingerprint density at radius 1 is 1.41 bits per heavy atom. The number of primary amides is 1. The van der Waals surface area contributed by atoms with E-state index in [9.17, 15) is 9.90 Å². The number of amides is 1. The zero-order valence-corrected chi connectivity index (χ0v) is 13.0. The summed E-state index contributed by atoms with van der Waals surface area (Å²) in [6.07, 6.45) is 2.66. The number of carbonyl (C=O) groups excluding carboxylic acids is 1. The van der Waals surface area contributed by atoms with Gasteiger partial charge in [-0.2, -0.15) is 5.26 Å². The van der Waals surface area contributed by atoms with E-state index in [2.05, 4.69) is 17.9 Å². The molecule has 1 aromatic rings.